The molecule has 0 unspecified atom stereocenters. The highest BCUT2D eigenvalue weighted by Gasteiger charge is 2.24. The van der Waals surface area contributed by atoms with E-state index in [0.717, 1.165) is 24.8 Å². The maximum Gasteiger partial charge on any atom is 0.0938 e. The molecule has 1 aliphatic rings. The molecule has 0 saturated heterocycles. The first kappa shape index (κ1) is 7.87. The molecule has 1 aliphatic carbocycles. The molecule has 0 amide bonds. The van der Waals surface area contributed by atoms with Gasteiger partial charge in [-0.15, -0.1) is 0 Å². The second-order valence-corrected chi connectivity index (χ2v) is 3.51. The summed E-state index contributed by atoms with van der Waals surface area (Å²) in [5, 5.41) is 9.70. The number of aliphatic hydroxyl groups is 1. The van der Waals surface area contributed by atoms with Crippen LogP contribution in [-0.2, 0) is 0 Å². The Bertz CT molecular complexity index is 228. The number of hydrogen-bond acceptors (Lipinski definition) is 2. The van der Waals surface area contributed by atoms with Gasteiger partial charge in [0.2, 0.25) is 0 Å². The summed E-state index contributed by atoms with van der Waals surface area (Å²) in [4.78, 5) is 0. The van der Waals surface area contributed by atoms with Crippen LogP contribution in [0, 0.1) is 0 Å². The van der Waals surface area contributed by atoms with Crippen LogP contribution in [0.15, 0.2) is 23.0 Å². The Labute approximate surface area is 72.2 Å². The lowest BCUT2D eigenvalue weighted by Gasteiger charge is -2.26. The first-order valence-electron chi connectivity index (χ1n) is 4.58. The largest absolute Gasteiger partial charge is 0.472 e. The average molecular weight is 166 g/mol. The third-order valence-electron chi connectivity index (χ3n) is 2.70. The van der Waals surface area contributed by atoms with Gasteiger partial charge in [0.1, 0.15) is 0 Å². The number of aliphatic hydroxyl groups excluding tert-OH is 1. The van der Waals surface area contributed by atoms with Gasteiger partial charge in [-0.05, 0) is 24.5 Å². The van der Waals surface area contributed by atoms with Crippen LogP contribution in [0.5, 0.6) is 0 Å². The molecular weight excluding hydrogens is 152 g/mol. The van der Waals surface area contributed by atoms with Gasteiger partial charge in [-0.2, -0.15) is 0 Å². The van der Waals surface area contributed by atoms with Gasteiger partial charge >= 0.3 is 0 Å². The smallest absolute Gasteiger partial charge is 0.0938 e. The summed E-state index contributed by atoms with van der Waals surface area (Å²) in [5.41, 5.74) is 1.15. The van der Waals surface area contributed by atoms with Crippen LogP contribution in [-0.4, -0.2) is 11.2 Å². The highest BCUT2D eigenvalue weighted by Crippen LogP contribution is 2.32. The summed E-state index contributed by atoms with van der Waals surface area (Å²) in [5.74, 6) is 0.317. The minimum Gasteiger partial charge on any atom is -0.472 e. The Morgan fingerprint density at radius 2 is 2.17 bits per heavy atom. The molecule has 66 valence electrons. The van der Waals surface area contributed by atoms with Gasteiger partial charge in [-0.25, -0.2) is 0 Å². The van der Waals surface area contributed by atoms with Gasteiger partial charge in [0.15, 0.2) is 0 Å². The van der Waals surface area contributed by atoms with Crippen molar-refractivity contribution in [3.05, 3.63) is 24.2 Å². The first-order chi connectivity index (χ1) is 5.88. The Hall–Kier alpha value is -0.760. The molecule has 12 heavy (non-hydrogen) atoms. The minimum atomic E-state index is -0.156. The molecule has 2 nitrogen and oxygen atoms in total. The highest BCUT2D eigenvalue weighted by atomic mass is 16.3. The van der Waals surface area contributed by atoms with Gasteiger partial charge in [-0.3, -0.25) is 0 Å². The third kappa shape index (κ3) is 1.39. The number of rotatable bonds is 1. The third-order valence-corrected chi connectivity index (χ3v) is 2.70. The fourth-order valence-electron chi connectivity index (χ4n) is 1.99. The molecule has 0 spiro atoms. The molecule has 2 atom stereocenters. The molecule has 2 heteroatoms. The Kier molecular flexibility index (Phi) is 2.17. The lowest BCUT2D eigenvalue weighted by Crippen LogP contribution is -2.21. The molecule has 1 N–H and O–H groups in total. The molecule has 2 rings (SSSR count). The molecule has 1 fully saturated rings. The van der Waals surface area contributed by atoms with E-state index in [1.165, 1.54) is 6.42 Å². The van der Waals surface area contributed by atoms with Gasteiger partial charge in [0.05, 0.1) is 18.6 Å². The van der Waals surface area contributed by atoms with Crippen molar-refractivity contribution in [3.63, 3.8) is 0 Å². The lowest BCUT2D eigenvalue weighted by molar-refractivity contribution is 0.106. The standard InChI is InChI=1S/C10H14O2/c11-10-4-2-1-3-9(10)8-5-6-12-7-8/h5-7,9-11H,1-4H2/t9-,10+/m0/s1. The Balaban J connectivity index is 2.11. The SMILES string of the molecule is O[C@@H]1CCCC[C@H]1c1ccoc1. The summed E-state index contributed by atoms with van der Waals surface area (Å²) in [7, 11) is 0. The minimum absolute atomic E-state index is 0.156. The van der Waals surface area contributed by atoms with Crippen molar-refractivity contribution in [2.24, 2.45) is 0 Å². The van der Waals surface area contributed by atoms with Crippen molar-refractivity contribution in [2.75, 3.05) is 0 Å². The monoisotopic (exact) mass is 166 g/mol. The molecule has 0 aromatic carbocycles. The molecule has 1 aromatic rings. The highest BCUT2D eigenvalue weighted by molar-refractivity contribution is 5.14. The molecule has 1 heterocycles. The fourth-order valence-corrected chi connectivity index (χ4v) is 1.99. The fraction of sp³-hybridized carbons (Fsp3) is 0.600. The van der Waals surface area contributed by atoms with E-state index in [0.29, 0.717) is 5.92 Å². The molecule has 0 bridgehead atoms. The van der Waals surface area contributed by atoms with Crippen molar-refractivity contribution in [2.45, 2.75) is 37.7 Å². The number of furan rings is 1. The normalized spacial score (nSPS) is 30.4. The maximum absolute atomic E-state index is 9.70. The van der Waals surface area contributed by atoms with E-state index in [4.69, 9.17) is 4.42 Å². The van der Waals surface area contributed by atoms with Gasteiger partial charge in [0, 0.05) is 5.92 Å². The van der Waals surface area contributed by atoms with Gasteiger partial charge in [0.25, 0.3) is 0 Å². The van der Waals surface area contributed by atoms with Gasteiger partial charge in [-0.1, -0.05) is 12.8 Å². The molecule has 1 aromatic heterocycles. The van der Waals surface area contributed by atoms with Crippen molar-refractivity contribution >= 4 is 0 Å². The molecule has 0 aliphatic heterocycles. The molecular formula is C10H14O2. The van der Waals surface area contributed by atoms with Crippen LogP contribution in [0.25, 0.3) is 0 Å². The summed E-state index contributed by atoms with van der Waals surface area (Å²) in [6.07, 6.45) is 7.70. The van der Waals surface area contributed by atoms with E-state index in [1.54, 1.807) is 12.5 Å². The van der Waals surface area contributed by atoms with E-state index in [-0.39, 0.29) is 6.10 Å². The van der Waals surface area contributed by atoms with Crippen LogP contribution in [0.3, 0.4) is 0 Å². The maximum atomic E-state index is 9.70. The van der Waals surface area contributed by atoms with E-state index in [2.05, 4.69) is 0 Å². The van der Waals surface area contributed by atoms with Crippen molar-refractivity contribution < 1.29 is 9.52 Å². The van der Waals surface area contributed by atoms with Crippen molar-refractivity contribution in [3.8, 4) is 0 Å². The zero-order valence-electron chi connectivity index (χ0n) is 7.07. The van der Waals surface area contributed by atoms with Crippen molar-refractivity contribution in [1.82, 2.24) is 0 Å². The summed E-state index contributed by atoms with van der Waals surface area (Å²) < 4.78 is 5.00. The first-order valence-corrected chi connectivity index (χ1v) is 4.58. The predicted octanol–water partition coefficient (Wildman–Crippen LogP) is 2.30. The summed E-state index contributed by atoms with van der Waals surface area (Å²) >= 11 is 0. The van der Waals surface area contributed by atoms with E-state index >= 15 is 0 Å². The predicted molar refractivity (Wildman–Crippen MR) is 45.9 cm³/mol. The Morgan fingerprint density at radius 1 is 1.33 bits per heavy atom. The van der Waals surface area contributed by atoms with Gasteiger partial charge < -0.3 is 9.52 Å². The van der Waals surface area contributed by atoms with Crippen LogP contribution in [0.4, 0.5) is 0 Å². The lowest BCUT2D eigenvalue weighted by atomic mass is 9.83. The zero-order valence-corrected chi connectivity index (χ0v) is 7.07. The van der Waals surface area contributed by atoms with E-state index in [9.17, 15) is 5.11 Å². The second-order valence-electron chi connectivity index (χ2n) is 3.51. The summed E-state index contributed by atoms with van der Waals surface area (Å²) in [6.45, 7) is 0. The van der Waals surface area contributed by atoms with Crippen molar-refractivity contribution in [1.29, 1.82) is 0 Å². The molecule has 1 saturated carbocycles. The van der Waals surface area contributed by atoms with Crippen LogP contribution in [0.1, 0.15) is 37.2 Å². The molecule has 0 radical (unpaired) electrons. The number of hydrogen-bond donors (Lipinski definition) is 1. The summed E-state index contributed by atoms with van der Waals surface area (Å²) in [6, 6.07) is 1.96. The quantitative estimate of drug-likeness (QED) is 0.694. The second kappa shape index (κ2) is 3.31. The zero-order chi connectivity index (χ0) is 8.39. The van der Waals surface area contributed by atoms with E-state index in [1.807, 2.05) is 6.07 Å². The van der Waals surface area contributed by atoms with Crippen LogP contribution >= 0.6 is 0 Å². The topological polar surface area (TPSA) is 33.4 Å². The van der Waals surface area contributed by atoms with Crippen LogP contribution < -0.4 is 0 Å². The Morgan fingerprint density at radius 3 is 2.83 bits per heavy atom. The average Bonchev–Trinajstić information content (AvgIpc) is 2.57. The van der Waals surface area contributed by atoms with Crippen LogP contribution in [0.2, 0.25) is 0 Å². The van der Waals surface area contributed by atoms with E-state index < -0.39 is 0 Å².